The van der Waals surface area contributed by atoms with Gasteiger partial charge in [0.15, 0.2) is 0 Å². The third-order valence-electron chi connectivity index (χ3n) is 5.24. The Morgan fingerprint density at radius 3 is 2.45 bits per heavy atom. The summed E-state index contributed by atoms with van der Waals surface area (Å²) >= 11 is 0. The van der Waals surface area contributed by atoms with E-state index in [4.69, 9.17) is 15.2 Å². The van der Waals surface area contributed by atoms with E-state index < -0.39 is 5.41 Å². The molecule has 2 unspecified atom stereocenters. The number of nitrogens with two attached hydrogens (primary N) is 1. The maximum Gasteiger partial charge on any atom is 0.313 e. The van der Waals surface area contributed by atoms with Crippen LogP contribution in [-0.4, -0.2) is 31.8 Å². The molecule has 0 aromatic heterocycles. The molecule has 0 amide bonds. The Balaban J connectivity index is 1.92. The van der Waals surface area contributed by atoms with E-state index in [-0.39, 0.29) is 18.2 Å². The van der Waals surface area contributed by atoms with Crippen LogP contribution in [0.2, 0.25) is 0 Å². The average molecular weight is 283 g/mol. The predicted octanol–water partition coefficient (Wildman–Crippen LogP) is 2.64. The second kappa shape index (κ2) is 6.90. The molecule has 0 saturated heterocycles. The molecular weight excluding hydrogens is 254 g/mol. The topological polar surface area (TPSA) is 61.5 Å². The highest BCUT2D eigenvalue weighted by Crippen LogP contribution is 2.40. The molecule has 0 aliphatic heterocycles. The number of methoxy groups -OCH3 is 1. The number of rotatable bonds is 4. The van der Waals surface area contributed by atoms with Crippen LogP contribution in [0.4, 0.5) is 0 Å². The Labute approximate surface area is 122 Å². The molecule has 0 aromatic rings. The van der Waals surface area contributed by atoms with Crippen molar-refractivity contribution in [1.29, 1.82) is 0 Å². The van der Waals surface area contributed by atoms with Crippen LogP contribution in [0.3, 0.4) is 0 Å². The Bertz CT molecular complexity index is 324. The molecular formula is C16H29NO3. The minimum Gasteiger partial charge on any atom is -0.462 e. The fourth-order valence-electron chi connectivity index (χ4n) is 3.51. The molecule has 116 valence electrons. The van der Waals surface area contributed by atoms with Gasteiger partial charge in [-0.25, -0.2) is 0 Å². The normalized spacial score (nSPS) is 38.5. The van der Waals surface area contributed by atoms with E-state index in [1.54, 1.807) is 7.11 Å². The standard InChI is InChI=1S/C16H29NO3/c1-12-6-8-16(11-17,9-7-12)15(18)20-14-5-3-4-13(10-14)19-2/h12-14H,3-11,17H2,1-2H3. The van der Waals surface area contributed by atoms with Crippen molar-refractivity contribution >= 4 is 5.97 Å². The van der Waals surface area contributed by atoms with Crippen molar-refractivity contribution in [1.82, 2.24) is 0 Å². The first-order valence-corrected chi connectivity index (χ1v) is 8.03. The van der Waals surface area contributed by atoms with Crippen LogP contribution in [-0.2, 0) is 14.3 Å². The van der Waals surface area contributed by atoms with Gasteiger partial charge in [0.25, 0.3) is 0 Å². The molecule has 2 aliphatic rings. The Hall–Kier alpha value is -0.610. The smallest absolute Gasteiger partial charge is 0.313 e. The average Bonchev–Trinajstić information content (AvgIpc) is 2.48. The molecule has 0 bridgehead atoms. The van der Waals surface area contributed by atoms with Crippen molar-refractivity contribution in [2.24, 2.45) is 17.1 Å². The zero-order chi connectivity index (χ0) is 14.6. The quantitative estimate of drug-likeness (QED) is 0.806. The van der Waals surface area contributed by atoms with E-state index in [2.05, 4.69) is 6.92 Å². The molecule has 0 radical (unpaired) electrons. The zero-order valence-corrected chi connectivity index (χ0v) is 12.9. The van der Waals surface area contributed by atoms with Gasteiger partial charge in [-0.05, 0) is 50.9 Å². The summed E-state index contributed by atoms with van der Waals surface area (Å²) < 4.78 is 11.2. The van der Waals surface area contributed by atoms with E-state index >= 15 is 0 Å². The van der Waals surface area contributed by atoms with Crippen LogP contribution in [0.15, 0.2) is 0 Å². The molecule has 2 rings (SSSR count). The van der Waals surface area contributed by atoms with Crippen LogP contribution >= 0.6 is 0 Å². The lowest BCUT2D eigenvalue weighted by Crippen LogP contribution is -2.44. The van der Waals surface area contributed by atoms with Crippen molar-refractivity contribution in [3.05, 3.63) is 0 Å². The van der Waals surface area contributed by atoms with Gasteiger partial charge in [-0.3, -0.25) is 4.79 Å². The first-order valence-electron chi connectivity index (χ1n) is 8.03. The molecule has 4 nitrogen and oxygen atoms in total. The lowest BCUT2D eigenvalue weighted by Gasteiger charge is -2.38. The van der Waals surface area contributed by atoms with Gasteiger partial charge >= 0.3 is 5.97 Å². The molecule has 2 N–H and O–H groups in total. The summed E-state index contributed by atoms with van der Waals surface area (Å²) in [7, 11) is 1.73. The van der Waals surface area contributed by atoms with Gasteiger partial charge in [0.2, 0.25) is 0 Å². The monoisotopic (exact) mass is 283 g/mol. The minimum absolute atomic E-state index is 0.0176. The third-order valence-corrected chi connectivity index (χ3v) is 5.24. The molecule has 0 aromatic carbocycles. The number of carbonyl (C=O) groups excluding carboxylic acids is 1. The molecule has 2 saturated carbocycles. The Morgan fingerprint density at radius 2 is 1.85 bits per heavy atom. The number of hydrogen-bond acceptors (Lipinski definition) is 4. The second-order valence-electron chi connectivity index (χ2n) is 6.72. The first-order chi connectivity index (χ1) is 9.59. The summed E-state index contributed by atoms with van der Waals surface area (Å²) in [6.07, 6.45) is 8.11. The summed E-state index contributed by atoms with van der Waals surface area (Å²) in [6, 6.07) is 0. The van der Waals surface area contributed by atoms with Gasteiger partial charge in [-0.1, -0.05) is 6.92 Å². The number of hydrogen-bond donors (Lipinski definition) is 1. The highest BCUT2D eigenvalue weighted by atomic mass is 16.5. The molecule has 2 atom stereocenters. The van der Waals surface area contributed by atoms with Gasteiger partial charge in [0.05, 0.1) is 11.5 Å². The summed E-state index contributed by atoms with van der Waals surface area (Å²) in [6.45, 7) is 2.66. The predicted molar refractivity (Wildman–Crippen MR) is 78.3 cm³/mol. The highest BCUT2D eigenvalue weighted by molar-refractivity contribution is 5.77. The van der Waals surface area contributed by atoms with Crippen LogP contribution in [0.5, 0.6) is 0 Å². The molecule has 4 heteroatoms. The van der Waals surface area contributed by atoms with Crippen molar-refractivity contribution < 1.29 is 14.3 Å². The van der Waals surface area contributed by atoms with Gasteiger partial charge in [-0.15, -0.1) is 0 Å². The highest BCUT2D eigenvalue weighted by Gasteiger charge is 2.42. The maximum absolute atomic E-state index is 12.6. The van der Waals surface area contributed by atoms with Gasteiger partial charge < -0.3 is 15.2 Å². The van der Waals surface area contributed by atoms with Gasteiger partial charge in [0, 0.05) is 20.1 Å². The summed E-state index contributed by atoms with van der Waals surface area (Å²) in [4.78, 5) is 12.6. The third kappa shape index (κ3) is 3.53. The van der Waals surface area contributed by atoms with Crippen LogP contribution in [0, 0.1) is 11.3 Å². The fraction of sp³-hybridized carbons (Fsp3) is 0.938. The number of esters is 1. The second-order valence-corrected chi connectivity index (χ2v) is 6.72. The van der Waals surface area contributed by atoms with Gasteiger partial charge in [-0.2, -0.15) is 0 Å². The van der Waals surface area contributed by atoms with Crippen molar-refractivity contribution in [3.8, 4) is 0 Å². The van der Waals surface area contributed by atoms with E-state index in [1.807, 2.05) is 0 Å². The van der Waals surface area contributed by atoms with Gasteiger partial charge in [0.1, 0.15) is 6.10 Å². The van der Waals surface area contributed by atoms with E-state index in [0.29, 0.717) is 12.5 Å². The summed E-state index contributed by atoms with van der Waals surface area (Å²) in [5.41, 5.74) is 5.49. The van der Waals surface area contributed by atoms with Crippen LogP contribution in [0.25, 0.3) is 0 Å². The van der Waals surface area contributed by atoms with E-state index in [9.17, 15) is 4.79 Å². The number of ether oxygens (including phenoxy) is 2. The summed E-state index contributed by atoms with van der Waals surface area (Å²) in [5.74, 6) is 0.642. The van der Waals surface area contributed by atoms with E-state index in [0.717, 1.165) is 51.4 Å². The van der Waals surface area contributed by atoms with Crippen LogP contribution < -0.4 is 5.73 Å². The molecule has 20 heavy (non-hydrogen) atoms. The first kappa shape index (κ1) is 15.8. The molecule has 2 aliphatic carbocycles. The molecule has 0 heterocycles. The fourth-order valence-corrected chi connectivity index (χ4v) is 3.51. The summed E-state index contributed by atoms with van der Waals surface area (Å²) in [5, 5.41) is 0. The SMILES string of the molecule is COC1CCCC(OC(=O)C2(CN)CCC(C)CC2)C1. The molecule has 2 fully saturated rings. The Morgan fingerprint density at radius 1 is 1.20 bits per heavy atom. The molecule has 0 spiro atoms. The van der Waals surface area contributed by atoms with Crippen molar-refractivity contribution in [2.75, 3.05) is 13.7 Å². The van der Waals surface area contributed by atoms with Crippen molar-refractivity contribution in [3.63, 3.8) is 0 Å². The maximum atomic E-state index is 12.6. The Kier molecular flexibility index (Phi) is 5.44. The largest absolute Gasteiger partial charge is 0.462 e. The number of carbonyl (C=O) groups is 1. The lowest BCUT2D eigenvalue weighted by atomic mass is 9.71. The van der Waals surface area contributed by atoms with Crippen LogP contribution in [0.1, 0.15) is 58.3 Å². The lowest BCUT2D eigenvalue weighted by molar-refractivity contribution is -0.167. The van der Waals surface area contributed by atoms with Crippen molar-refractivity contribution in [2.45, 2.75) is 70.5 Å². The zero-order valence-electron chi connectivity index (χ0n) is 12.9. The van der Waals surface area contributed by atoms with E-state index in [1.165, 1.54) is 0 Å². The minimum atomic E-state index is -0.424.